The number of fused-ring (bicyclic) bond motifs is 1. The highest BCUT2D eigenvalue weighted by atomic mass is 15.3. The summed E-state index contributed by atoms with van der Waals surface area (Å²) < 4.78 is 0. The Labute approximate surface area is 246 Å². The minimum Gasteiger partial charge on any atom is -0.337 e. The molecule has 2 heterocycles. The first-order valence-corrected chi connectivity index (χ1v) is 14.1. The molecule has 1 fully saturated rings. The minimum absolute atomic E-state index is 0.374. The third-order valence-electron chi connectivity index (χ3n) is 7.53. The number of hydrazone groups is 1. The van der Waals surface area contributed by atoms with Crippen LogP contribution in [0.15, 0.2) is 95.2 Å². The van der Waals surface area contributed by atoms with Gasteiger partial charge in [0.05, 0.1) is 28.8 Å². The highest BCUT2D eigenvalue weighted by Crippen LogP contribution is 2.31. The third-order valence-corrected chi connectivity index (χ3v) is 7.53. The number of hydrogen-bond donors (Lipinski definition) is 4. The Hall–Kier alpha value is -4.64. The van der Waals surface area contributed by atoms with Crippen molar-refractivity contribution in [2.75, 3.05) is 26.7 Å². The Kier molecular flexibility index (Phi) is 9.50. The molecule has 1 saturated heterocycles. The first-order valence-electron chi connectivity index (χ1n) is 14.1. The van der Waals surface area contributed by atoms with E-state index in [1.54, 1.807) is 7.05 Å². The van der Waals surface area contributed by atoms with E-state index >= 15 is 0 Å². The van der Waals surface area contributed by atoms with E-state index in [0.29, 0.717) is 18.4 Å². The summed E-state index contributed by atoms with van der Waals surface area (Å²) in [5, 5.41) is 3.73. The van der Waals surface area contributed by atoms with Crippen LogP contribution < -0.4 is 22.8 Å². The lowest BCUT2D eigenvalue weighted by Crippen LogP contribution is -2.42. The van der Waals surface area contributed by atoms with Crippen molar-refractivity contribution in [1.29, 1.82) is 0 Å². The van der Waals surface area contributed by atoms with Crippen LogP contribution in [0.5, 0.6) is 0 Å². The van der Waals surface area contributed by atoms with Gasteiger partial charge in [0.1, 0.15) is 0 Å². The third kappa shape index (κ3) is 6.63. The van der Waals surface area contributed by atoms with Crippen molar-refractivity contribution in [2.45, 2.75) is 25.4 Å². The maximum Gasteiger partial charge on any atom is 0.166 e. The zero-order valence-electron chi connectivity index (χ0n) is 23.9. The number of aromatic nitrogens is 2. The number of nitrogens with two attached hydrogens (primary N) is 3. The number of likely N-dealkylation sites (tertiary alicyclic amines) is 1. The van der Waals surface area contributed by atoms with E-state index in [0.717, 1.165) is 71.6 Å². The number of rotatable bonds is 9. The van der Waals surface area contributed by atoms with Crippen LogP contribution >= 0.6 is 0 Å². The van der Waals surface area contributed by atoms with E-state index in [1.807, 2.05) is 55.0 Å². The Balaban J connectivity index is 1.38. The normalized spacial score (nSPS) is 15.2. The van der Waals surface area contributed by atoms with Gasteiger partial charge in [0.25, 0.3) is 0 Å². The van der Waals surface area contributed by atoms with Gasteiger partial charge in [-0.05, 0) is 36.6 Å². The Morgan fingerprint density at radius 1 is 0.976 bits per heavy atom. The van der Waals surface area contributed by atoms with E-state index in [9.17, 15) is 0 Å². The fraction of sp³-hybridized carbons (Fsp3) is 0.250. The second kappa shape index (κ2) is 13.8. The highest BCUT2D eigenvalue weighted by Gasteiger charge is 2.22. The zero-order chi connectivity index (χ0) is 29.3. The molecule has 4 aromatic rings. The van der Waals surface area contributed by atoms with E-state index in [1.165, 1.54) is 5.56 Å². The summed E-state index contributed by atoms with van der Waals surface area (Å²) in [6, 6.07) is 24.9. The molecule has 0 amide bonds. The average molecular weight is 563 g/mol. The van der Waals surface area contributed by atoms with Crippen LogP contribution in [-0.2, 0) is 6.54 Å². The van der Waals surface area contributed by atoms with Gasteiger partial charge in [-0.1, -0.05) is 60.7 Å². The van der Waals surface area contributed by atoms with Crippen LogP contribution in [0, 0.1) is 0 Å². The molecule has 10 nitrogen and oxygen atoms in total. The molecule has 1 aromatic heterocycles. The summed E-state index contributed by atoms with van der Waals surface area (Å²) in [5.74, 6) is 11.5. The van der Waals surface area contributed by atoms with Crippen molar-refractivity contribution in [3.8, 4) is 22.5 Å². The van der Waals surface area contributed by atoms with Gasteiger partial charge in [-0.3, -0.25) is 9.89 Å². The predicted molar refractivity (Wildman–Crippen MR) is 171 cm³/mol. The Morgan fingerprint density at radius 2 is 1.67 bits per heavy atom. The van der Waals surface area contributed by atoms with Crippen LogP contribution in [-0.4, -0.2) is 64.7 Å². The molecule has 7 N–H and O–H groups in total. The molecule has 3 aromatic carbocycles. The summed E-state index contributed by atoms with van der Waals surface area (Å²) in [5.41, 5.74) is 15.4. The van der Waals surface area contributed by atoms with Gasteiger partial charge in [0, 0.05) is 62.2 Å². The number of nitrogens with zero attached hydrogens (tertiary/aromatic N) is 6. The number of hydrogen-bond acceptors (Lipinski definition) is 8. The van der Waals surface area contributed by atoms with Crippen LogP contribution in [0.4, 0.5) is 0 Å². The Morgan fingerprint density at radius 3 is 2.31 bits per heavy atom. The Bertz CT molecular complexity index is 1560. The molecular formula is C32H38N10. The topological polar surface area (TPSA) is 147 Å². The lowest BCUT2D eigenvalue weighted by Gasteiger charge is -2.36. The fourth-order valence-electron chi connectivity index (χ4n) is 5.37. The second-order valence-corrected chi connectivity index (χ2v) is 10.3. The smallest absolute Gasteiger partial charge is 0.166 e. The van der Waals surface area contributed by atoms with Gasteiger partial charge < -0.3 is 21.9 Å². The maximum absolute atomic E-state index is 5.66. The lowest BCUT2D eigenvalue weighted by atomic mass is 10.0. The molecule has 0 bridgehead atoms. The molecule has 1 aliphatic heterocycles. The molecule has 0 aliphatic carbocycles. The van der Waals surface area contributed by atoms with Crippen LogP contribution in [0.3, 0.4) is 0 Å². The average Bonchev–Trinajstić information content (AvgIpc) is 3.04. The summed E-state index contributed by atoms with van der Waals surface area (Å²) in [4.78, 5) is 19.0. The van der Waals surface area contributed by atoms with Gasteiger partial charge in [0.2, 0.25) is 0 Å². The monoisotopic (exact) mass is 562 g/mol. The highest BCUT2D eigenvalue weighted by molar-refractivity contribution is 6.01. The van der Waals surface area contributed by atoms with Gasteiger partial charge in [-0.15, -0.1) is 0 Å². The van der Waals surface area contributed by atoms with Crippen LogP contribution in [0.2, 0.25) is 0 Å². The van der Waals surface area contributed by atoms with E-state index < -0.39 is 0 Å². The SMILES string of the molecule is CN=CN(/C=C/CN)C1CCN(Cc2ccc(-c3nc4cc(/C(=N/N)NN)ccc4nc3-c3ccccc3)cc2)CC1. The molecule has 10 heteroatoms. The first kappa shape index (κ1) is 28.9. The molecule has 42 heavy (non-hydrogen) atoms. The van der Waals surface area contributed by atoms with E-state index in [2.05, 4.69) is 61.7 Å². The standard InChI is InChI=1S/C32H38N10/c1-36-22-42(17-5-16-33)27-14-18-41(19-15-27)21-23-8-10-25(11-9-23)31-30(24-6-3-2-4-7-24)37-28-13-12-26(20-29(28)38-31)32(39-34)40-35/h2-13,17,20,22,27H,14-16,18-19,21,33-35H2,1H3,(H,39,40)/b17-5+,36-22?. The second-order valence-electron chi connectivity index (χ2n) is 10.3. The number of piperidine rings is 1. The van der Waals surface area contributed by atoms with Crippen LogP contribution in [0.25, 0.3) is 33.5 Å². The minimum atomic E-state index is 0.374. The van der Waals surface area contributed by atoms with Gasteiger partial charge in [-0.25, -0.2) is 15.8 Å². The summed E-state index contributed by atoms with van der Waals surface area (Å²) in [6.45, 7) is 3.48. The summed E-state index contributed by atoms with van der Waals surface area (Å²) in [6.07, 6.45) is 8.06. The van der Waals surface area contributed by atoms with Crippen molar-refractivity contribution in [3.05, 3.63) is 96.2 Å². The quantitative estimate of drug-likeness (QED) is 0.105. The molecule has 216 valence electrons. The van der Waals surface area contributed by atoms with Gasteiger partial charge in [-0.2, -0.15) is 5.10 Å². The zero-order valence-corrected chi connectivity index (χ0v) is 23.9. The maximum atomic E-state index is 5.66. The van der Waals surface area contributed by atoms with E-state index in [4.69, 9.17) is 27.4 Å². The fourth-order valence-corrected chi connectivity index (χ4v) is 5.37. The van der Waals surface area contributed by atoms with Gasteiger partial charge >= 0.3 is 0 Å². The molecular weight excluding hydrogens is 524 g/mol. The number of aliphatic imine (C=N–C) groups is 1. The molecule has 0 atom stereocenters. The van der Waals surface area contributed by atoms with Crippen molar-refractivity contribution < 1.29 is 0 Å². The summed E-state index contributed by atoms with van der Waals surface area (Å²) in [7, 11) is 1.80. The van der Waals surface area contributed by atoms with Crippen molar-refractivity contribution >= 4 is 23.2 Å². The number of benzene rings is 3. The van der Waals surface area contributed by atoms with Crippen LogP contribution in [0.1, 0.15) is 24.0 Å². The van der Waals surface area contributed by atoms with Crippen molar-refractivity contribution in [1.82, 2.24) is 25.2 Å². The predicted octanol–water partition coefficient (Wildman–Crippen LogP) is 3.44. The molecule has 0 unspecified atom stereocenters. The molecule has 0 spiro atoms. The van der Waals surface area contributed by atoms with E-state index in [-0.39, 0.29) is 0 Å². The number of hydrazine groups is 1. The van der Waals surface area contributed by atoms with Crippen molar-refractivity contribution in [3.63, 3.8) is 0 Å². The molecule has 5 rings (SSSR count). The molecule has 0 radical (unpaired) electrons. The van der Waals surface area contributed by atoms with Crippen molar-refractivity contribution in [2.24, 2.45) is 27.5 Å². The number of amidine groups is 1. The summed E-state index contributed by atoms with van der Waals surface area (Å²) >= 11 is 0. The van der Waals surface area contributed by atoms with Gasteiger partial charge in [0.15, 0.2) is 5.84 Å². The number of nitrogens with one attached hydrogen (secondary N) is 1. The molecule has 0 saturated carbocycles. The lowest BCUT2D eigenvalue weighted by molar-refractivity contribution is 0.168. The largest absolute Gasteiger partial charge is 0.337 e. The molecule has 1 aliphatic rings. The first-order chi connectivity index (χ1) is 20.6.